The van der Waals surface area contributed by atoms with Crippen LogP contribution in [-0.2, 0) is 0 Å². The number of hydrogen-bond acceptors (Lipinski definition) is 3. The van der Waals surface area contributed by atoms with E-state index in [-0.39, 0.29) is 0 Å². The summed E-state index contributed by atoms with van der Waals surface area (Å²) in [5.74, 6) is 0.693. The van der Waals surface area contributed by atoms with Crippen molar-refractivity contribution in [3.8, 4) is 5.75 Å². The van der Waals surface area contributed by atoms with E-state index >= 15 is 0 Å². The third-order valence-electron chi connectivity index (χ3n) is 1.24. The fourth-order valence-electron chi connectivity index (χ4n) is 0.745. The molecule has 1 aromatic carbocycles. The zero-order chi connectivity index (χ0) is 8.10. The van der Waals surface area contributed by atoms with Crippen LogP contribution in [0.3, 0.4) is 0 Å². The Kier molecular flexibility index (Phi) is 2.43. The van der Waals surface area contributed by atoms with Crippen molar-refractivity contribution in [2.24, 2.45) is 5.29 Å². The number of anilines is 1. The molecule has 0 aliphatic rings. The smallest absolute Gasteiger partial charge is 0.120 e. The molecular formula is C7H8N2O2. The lowest BCUT2D eigenvalue weighted by molar-refractivity contribution is 0.415. The quantitative estimate of drug-likeness (QED) is 0.530. The van der Waals surface area contributed by atoms with E-state index in [1.165, 1.54) is 0 Å². The Balaban J connectivity index is 2.82. The van der Waals surface area contributed by atoms with Gasteiger partial charge in [-0.2, -0.15) is 0 Å². The zero-order valence-corrected chi connectivity index (χ0v) is 6.07. The van der Waals surface area contributed by atoms with Gasteiger partial charge in [0.25, 0.3) is 0 Å². The molecule has 0 bridgehead atoms. The first-order valence-electron chi connectivity index (χ1n) is 3.09. The second kappa shape index (κ2) is 3.55. The van der Waals surface area contributed by atoms with E-state index in [0.29, 0.717) is 11.4 Å². The van der Waals surface area contributed by atoms with Crippen LogP contribution in [0, 0.1) is 4.91 Å². The summed E-state index contributed by atoms with van der Waals surface area (Å²) in [5.41, 5.74) is 2.90. The van der Waals surface area contributed by atoms with Crippen LogP contribution in [0.25, 0.3) is 0 Å². The Labute approximate surface area is 64.1 Å². The molecule has 4 nitrogen and oxygen atoms in total. The van der Waals surface area contributed by atoms with Crippen molar-refractivity contribution in [1.82, 2.24) is 0 Å². The molecule has 0 heterocycles. The van der Waals surface area contributed by atoms with Gasteiger partial charge < -0.3 is 4.74 Å². The van der Waals surface area contributed by atoms with E-state index in [9.17, 15) is 4.91 Å². The van der Waals surface area contributed by atoms with Crippen LogP contribution in [0.15, 0.2) is 29.6 Å². The highest BCUT2D eigenvalue weighted by atomic mass is 16.5. The van der Waals surface area contributed by atoms with Crippen molar-refractivity contribution in [2.45, 2.75) is 0 Å². The summed E-state index contributed by atoms with van der Waals surface area (Å²) in [6, 6.07) is 6.97. The van der Waals surface area contributed by atoms with Gasteiger partial charge in [-0.3, -0.25) is 0 Å². The number of benzene rings is 1. The lowest BCUT2D eigenvalue weighted by Gasteiger charge is -2.00. The predicted molar refractivity (Wildman–Crippen MR) is 42.4 cm³/mol. The molecule has 0 saturated carbocycles. The molecule has 0 aliphatic carbocycles. The Morgan fingerprint density at radius 2 is 2.36 bits per heavy atom. The molecule has 1 aromatic rings. The fraction of sp³-hybridized carbons (Fsp3) is 0.143. The monoisotopic (exact) mass is 152 g/mol. The lowest BCUT2D eigenvalue weighted by atomic mass is 10.3. The molecule has 1 rings (SSSR count). The van der Waals surface area contributed by atoms with Crippen molar-refractivity contribution in [3.63, 3.8) is 0 Å². The number of nitroso groups, excluding NO2 is 1. The number of rotatable bonds is 3. The van der Waals surface area contributed by atoms with Gasteiger partial charge in [0, 0.05) is 6.07 Å². The second-order valence-electron chi connectivity index (χ2n) is 1.94. The van der Waals surface area contributed by atoms with Gasteiger partial charge in [0.1, 0.15) is 5.75 Å². The van der Waals surface area contributed by atoms with E-state index in [1.54, 1.807) is 31.4 Å². The summed E-state index contributed by atoms with van der Waals surface area (Å²) in [6.45, 7) is 0. The lowest BCUT2D eigenvalue weighted by Crippen LogP contribution is -1.87. The summed E-state index contributed by atoms with van der Waals surface area (Å²) in [5, 5.41) is 2.53. The van der Waals surface area contributed by atoms with Crippen molar-refractivity contribution in [1.29, 1.82) is 0 Å². The molecule has 0 spiro atoms. The zero-order valence-electron chi connectivity index (χ0n) is 6.07. The van der Waals surface area contributed by atoms with E-state index in [2.05, 4.69) is 10.7 Å². The average Bonchev–Trinajstić information content (AvgIpc) is 2.06. The second-order valence-corrected chi connectivity index (χ2v) is 1.94. The van der Waals surface area contributed by atoms with Crippen LogP contribution in [0.5, 0.6) is 5.75 Å². The largest absolute Gasteiger partial charge is 0.497 e. The molecule has 1 N–H and O–H groups in total. The summed E-state index contributed by atoms with van der Waals surface area (Å²) in [4.78, 5) is 9.77. The number of nitrogens with one attached hydrogen (secondary N) is 1. The van der Waals surface area contributed by atoms with E-state index in [0.717, 1.165) is 0 Å². The SMILES string of the molecule is COc1cccc(NN=O)c1. The van der Waals surface area contributed by atoms with E-state index in [1.807, 2.05) is 0 Å². The Bertz CT molecular complexity index is 250. The van der Waals surface area contributed by atoms with Crippen LogP contribution >= 0.6 is 0 Å². The van der Waals surface area contributed by atoms with Gasteiger partial charge in [-0.25, -0.2) is 5.43 Å². The number of ether oxygens (including phenoxy) is 1. The third-order valence-corrected chi connectivity index (χ3v) is 1.24. The first-order chi connectivity index (χ1) is 5.36. The summed E-state index contributed by atoms with van der Waals surface area (Å²) in [7, 11) is 1.56. The first kappa shape index (κ1) is 7.53. The van der Waals surface area contributed by atoms with Crippen LogP contribution < -0.4 is 10.2 Å². The Morgan fingerprint density at radius 3 is 3.00 bits per heavy atom. The maximum absolute atomic E-state index is 9.77. The average molecular weight is 152 g/mol. The van der Waals surface area contributed by atoms with Gasteiger partial charge in [0.2, 0.25) is 0 Å². The highest BCUT2D eigenvalue weighted by Gasteiger charge is 1.92. The van der Waals surface area contributed by atoms with Gasteiger partial charge in [-0.1, -0.05) is 6.07 Å². The molecule has 0 aromatic heterocycles. The molecule has 0 radical (unpaired) electrons. The summed E-state index contributed by atoms with van der Waals surface area (Å²) in [6.07, 6.45) is 0. The molecule has 0 atom stereocenters. The maximum Gasteiger partial charge on any atom is 0.120 e. The van der Waals surface area contributed by atoms with Crippen LogP contribution in [0.4, 0.5) is 5.69 Å². The van der Waals surface area contributed by atoms with Gasteiger partial charge in [0.05, 0.1) is 18.1 Å². The fourth-order valence-corrected chi connectivity index (χ4v) is 0.745. The third kappa shape index (κ3) is 1.93. The molecule has 11 heavy (non-hydrogen) atoms. The van der Waals surface area contributed by atoms with Gasteiger partial charge >= 0.3 is 0 Å². The molecule has 0 amide bonds. The van der Waals surface area contributed by atoms with Crippen LogP contribution in [0.1, 0.15) is 0 Å². The molecule has 4 heteroatoms. The van der Waals surface area contributed by atoms with Crippen molar-refractivity contribution < 1.29 is 4.74 Å². The summed E-state index contributed by atoms with van der Waals surface area (Å²) < 4.78 is 4.92. The highest BCUT2D eigenvalue weighted by molar-refractivity contribution is 5.47. The minimum absolute atomic E-state index is 0.624. The maximum atomic E-state index is 9.77. The molecule has 0 fully saturated rings. The standard InChI is InChI=1S/C7H8N2O2/c1-11-7-4-2-3-6(5-7)8-9-10/h2-5H,1H3,(H,8,10). The van der Waals surface area contributed by atoms with Crippen LogP contribution in [0.2, 0.25) is 0 Å². The predicted octanol–water partition coefficient (Wildman–Crippen LogP) is 1.79. The Morgan fingerprint density at radius 1 is 1.55 bits per heavy atom. The van der Waals surface area contributed by atoms with E-state index in [4.69, 9.17) is 4.74 Å². The van der Waals surface area contributed by atoms with Gasteiger partial charge in [-0.15, -0.1) is 4.91 Å². The normalized spacial score (nSPS) is 8.82. The van der Waals surface area contributed by atoms with Crippen molar-refractivity contribution >= 4 is 5.69 Å². The Hall–Kier alpha value is -1.58. The molecule has 0 aliphatic heterocycles. The van der Waals surface area contributed by atoms with Crippen molar-refractivity contribution in [3.05, 3.63) is 29.2 Å². The minimum atomic E-state index is 0.624. The highest BCUT2D eigenvalue weighted by Crippen LogP contribution is 2.16. The number of hydrogen-bond donors (Lipinski definition) is 1. The van der Waals surface area contributed by atoms with E-state index < -0.39 is 0 Å². The van der Waals surface area contributed by atoms with Gasteiger partial charge in [-0.05, 0) is 12.1 Å². The first-order valence-corrected chi connectivity index (χ1v) is 3.09. The number of methoxy groups -OCH3 is 1. The molecule has 0 unspecified atom stereocenters. The number of nitrogens with zero attached hydrogens (tertiary/aromatic N) is 1. The topological polar surface area (TPSA) is 50.7 Å². The molecule has 58 valence electrons. The minimum Gasteiger partial charge on any atom is -0.497 e. The van der Waals surface area contributed by atoms with Crippen molar-refractivity contribution in [2.75, 3.05) is 12.5 Å². The summed E-state index contributed by atoms with van der Waals surface area (Å²) >= 11 is 0. The van der Waals surface area contributed by atoms with Crippen LogP contribution in [-0.4, -0.2) is 7.11 Å². The molecule has 0 saturated heterocycles. The molecular weight excluding hydrogens is 144 g/mol. The van der Waals surface area contributed by atoms with Gasteiger partial charge in [0.15, 0.2) is 0 Å².